The molecule has 0 spiro atoms. The van der Waals surface area contributed by atoms with Gasteiger partial charge in [0.2, 0.25) is 5.60 Å². The van der Waals surface area contributed by atoms with Crippen molar-refractivity contribution in [3.63, 3.8) is 0 Å². The van der Waals surface area contributed by atoms with Gasteiger partial charge in [-0.1, -0.05) is 31.5 Å². The quantitative estimate of drug-likeness (QED) is 0.235. The van der Waals surface area contributed by atoms with Crippen LogP contribution in [-0.4, -0.2) is 76.1 Å². The fourth-order valence-corrected chi connectivity index (χ4v) is 7.75. The lowest BCUT2D eigenvalue weighted by Crippen LogP contribution is -2.69. The molecule has 1 aromatic carbocycles. The minimum Gasteiger partial charge on any atom is -0.496 e. The first-order chi connectivity index (χ1) is 23.6. The van der Waals surface area contributed by atoms with Crippen molar-refractivity contribution in [1.29, 1.82) is 0 Å². The van der Waals surface area contributed by atoms with Gasteiger partial charge >= 0.3 is 18.3 Å². The van der Waals surface area contributed by atoms with Crippen molar-refractivity contribution in [2.75, 3.05) is 26.7 Å². The number of benzene rings is 1. The smallest absolute Gasteiger partial charge is 0.425 e. The molecule has 0 unspecified atom stereocenters. The van der Waals surface area contributed by atoms with E-state index in [1.54, 1.807) is 31.2 Å². The molecule has 2 aliphatic rings. The number of carbonyl (C=O) groups excluding carboxylic acids is 2. The van der Waals surface area contributed by atoms with Crippen LogP contribution in [0.4, 0.5) is 26.3 Å². The second kappa shape index (κ2) is 14.1. The van der Waals surface area contributed by atoms with Gasteiger partial charge < -0.3 is 24.4 Å². The van der Waals surface area contributed by atoms with Gasteiger partial charge in [-0.3, -0.25) is 19.4 Å². The van der Waals surface area contributed by atoms with Gasteiger partial charge in [-0.05, 0) is 43.9 Å². The van der Waals surface area contributed by atoms with Crippen LogP contribution in [0.5, 0.6) is 11.5 Å². The molecule has 1 N–H and O–H groups in total. The van der Waals surface area contributed by atoms with Crippen LogP contribution in [0.15, 0.2) is 54.0 Å². The molecule has 50 heavy (non-hydrogen) atoms. The Balaban J connectivity index is 1.56. The zero-order valence-electron chi connectivity index (χ0n) is 27.1. The molecule has 2 atom stereocenters. The van der Waals surface area contributed by atoms with E-state index >= 15 is 0 Å². The van der Waals surface area contributed by atoms with Gasteiger partial charge in [-0.15, -0.1) is 11.3 Å². The molecule has 270 valence electrons. The molecule has 0 aliphatic carbocycles. The second-order valence-corrected chi connectivity index (χ2v) is 13.2. The van der Waals surface area contributed by atoms with Crippen molar-refractivity contribution in [2.24, 2.45) is 0 Å². The number of carboxylic acids is 1. The number of piperidine rings is 2. The average molecular weight is 728 g/mol. The molecular weight excluding hydrogens is 692 g/mol. The van der Waals surface area contributed by atoms with E-state index in [0.717, 1.165) is 34.7 Å². The highest BCUT2D eigenvalue weighted by Crippen LogP contribution is 2.45. The number of thiophene rings is 1. The predicted molar refractivity (Wildman–Crippen MR) is 169 cm³/mol. The van der Waals surface area contributed by atoms with Crippen LogP contribution in [0.1, 0.15) is 71.9 Å². The fraction of sp³-hybridized carbons (Fsp3) is 0.471. The minimum atomic E-state index is -4.92. The monoisotopic (exact) mass is 727 g/mol. The van der Waals surface area contributed by atoms with Crippen LogP contribution in [0.25, 0.3) is 0 Å². The van der Waals surface area contributed by atoms with Gasteiger partial charge in [-0.25, -0.2) is 0 Å². The zero-order chi connectivity index (χ0) is 36.5. The normalized spacial score (nSPS) is 21.1. The van der Waals surface area contributed by atoms with E-state index in [-0.39, 0.29) is 57.5 Å². The number of methoxy groups -OCH3 is 1. The van der Waals surface area contributed by atoms with E-state index in [2.05, 4.69) is 4.98 Å². The second-order valence-electron chi connectivity index (χ2n) is 12.3. The zero-order valence-corrected chi connectivity index (χ0v) is 28.0. The number of carbonyl (C=O) groups is 3. The molecule has 2 saturated heterocycles. The number of rotatable bonds is 9. The molecule has 0 radical (unpaired) electrons. The number of halogens is 6. The third-order valence-corrected chi connectivity index (χ3v) is 10.4. The van der Waals surface area contributed by atoms with Crippen molar-refractivity contribution in [2.45, 2.75) is 74.9 Å². The van der Waals surface area contributed by atoms with E-state index in [1.807, 2.05) is 0 Å². The summed E-state index contributed by atoms with van der Waals surface area (Å²) in [5.41, 5.74) is -5.18. The summed E-state index contributed by atoms with van der Waals surface area (Å²) in [6.45, 7) is 1.47. The third kappa shape index (κ3) is 6.86. The van der Waals surface area contributed by atoms with Crippen LogP contribution in [-0.2, 0) is 27.4 Å². The topological polar surface area (TPSA) is 109 Å². The minimum absolute atomic E-state index is 0.0504. The van der Waals surface area contributed by atoms with Crippen molar-refractivity contribution >= 4 is 29.1 Å². The summed E-state index contributed by atoms with van der Waals surface area (Å²) < 4.78 is 94.5. The lowest BCUT2D eigenvalue weighted by atomic mass is 9.71. The number of likely N-dealkylation sites (tertiary alicyclic amines) is 2. The first-order valence-electron chi connectivity index (χ1n) is 15.9. The molecule has 0 bridgehead atoms. The standard InChI is InChI=1S/C34H35F6N3O6S/c1-3-8-25-32(49-21-19-26(50-20-21)34(38,39)40,12-7-16-43(25)28(44)27-23(33(35,36)37)10-6-15-41-27)29(45)42-17-13-31(14-18-42,30(46)47)22-9-4-5-11-24(22)48-2/h4-6,9-11,15,19-20,25H,3,7-8,12-14,16-18H2,1-2H3,(H,46,47)/t25-,32+/m1/s1. The lowest BCUT2D eigenvalue weighted by molar-refractivity contribution is -0.163. The van der Waals surface area contributed by atoms with E-state index in [4.69, 9.17) is 9.47 Å². The lowest BCUT2D eigenvalue weighted by Gasteiger charge is -2.51. The summed E-state index contributed by atoms with van der Waals surface area (Å²) in [5.74, 6) is -2.87. The van der Waals surface area contributed by atoms with E-state index in [9.17, 15) is 45.8 Å². The van der Waals surface area contributed by atoms with Crippen LogP contribution in [0.3, 0.4) is 0 Å². The Kier molecular flexibility index (Phi) is 10.4. The Bertz CT molecular complexity index is 1720. The number of aromatic nitrogens is 1. The highest BCUT2D eigenvalue weighted by molar-refractivity contribution is 7.10. The Hall–Kier alpha value is -4.34. The summed E-state index contributed by atoms with van der Waals surface area (Å²) in [5, 5.41) is 11.5. The number of ether oxygens (including phenoxy) is 2. The Morgan fingerprint density at radius 3 is 2.30 bits per heavy atom. The number of aliphatic carboxylic acids is 1. The first kappa shape index (κ1) is 36.9. The summed E-state index contributed by atoms with van der Waals surface area (Å²) in [7, 11) is 1.41. The van der Waals surface area contributed by atoms with E-state index in [0.29, 0.717) is 29.1 Å². The number of carboxylic acid groups (broad SMARTS) is 1. The molecule has 2 fully saturated rings. The number of alkyl halides is 6. The molecular formula is C34H35F6N3O6S. The van der Waals surface area contributed by atoms with Gasteiger partial charge in [-0.2, -0.15) is 26.3 Å². The largest absolute Gasteiger partial charge is 0.496 e. The summed E-state index contributed by atoms with van der Waals surface area (Å²) >= 11 is 0.351. The van der Waals surface area contributed by atoms with Crippen LogP contribution < -0.4 is 9.47 Å². The van der Waals surface area contributed by atoms with Crippen molar-refractivity contribution in [3.05, 3.63) is 75.7 Å². The number of amides is 2. The molecule has 2 aliphatic heterocycles. The highest BCUT2D eigenvalue weighted by Gasteiger charge is 2.57. The fourth-order valence-electron chi connectivity index (χ4n) is 7.07. The van der Waals surface area contributed by atoms with Gasteiger partial charge in [0.15, 0.2) is 0 Å². The van der Waals surface area contributed by atoms with Gasteiger partial charge in [0.25, 0.3) is 11.8 Å². The highest BCUT2D eigenvalue weighted by atomic mass is 32.1. The summed E-state index contributed by atoms with van der Waals surface area (Å²) in [6, 6.07) is 7.94. The molecule has 2 amide bonds. The molecule has 5 rings (SSSR count). The number of hydrogen-bond donors (Lipinski definition) is 1. The maximum atomic E-state index is 14.8. The van der Waals surface area contributed by atoms with Crippen molar-refractivity contribution in [1.82, 2.24) is 14.8 Å². The molecule has 2 aromatic heterocycles. The number of para-hydroxylation sites is 1. The summed E-state index contributed by atoms with van der Waals surface area (Å²) in [4.78, 5) is 46.8. The maximum absolute atomic E-state index is 14.8. The number of nitrogens with zero attached hydrogens (tertiary/aromatic N) is 3. The Morgan fingerprint density at radius 1 is 1.00 bits per heavy atom. The SMILES string of the molecule is CCC[C@H]1N(C(=O)c2ncccc2C(F)(F)F)CCC[C@@]1(Oc1csc(C(F)(F)F)c1)C(=O)N1CCC(C(=O)O)(c2ccccc2OC)CC1. The molecule has 0 saturated carbocycles. The van der Waals surface area contributed by atoms with Crippen LogP contribution in [0, 0.1) is 0 Å². The molecule has 9 nitrogen and oxygen atoms in total. The Morgan fingerprint density at radius 2 is 1.70 bits per heavy atom. The Labute approximate surface area is 287 Å². The average Bonchev–Trinajstić information content (AvgIpc) is 3.57. The summed E-state index contributed by atoms with van der Waals surface area (Å²) in [6.07, 6.45) is -8.31. The van der Waals surface area contributed by atoms with E-state index < -0.39 is 63.3 Å². The van der Waals surface area contributed by atoms with Crippen LogP contribution in [0.2, 0.25) is 0 Å². The molecule has 3 aromatic rings. The first-order valence-corrected chi connectivity index (χ1v) is 16.8. The number of hydrogen-bond acceptors (Lipinski definition) is 7. The number of pyridine rings is 1. The maximum Gasteiger partial charge on any atom is 0.425 e. The molecule has 16 heteroatoms. The van der Waals surface area contributed by atoms with Crippen LogP contribution >= 0.6 is 11.3 Å². The third-order valence-electron chi connectivity index (χ3n) is 9.45. The van der Waals surface area contributed by atoms with Crippen molar-refractivity contribution in [3.8, 4) is 11.5 Å². The van der Waals surface area contributed by atoms with Gasteiger partial charge in [0, 0.05) is 49.3 Å². The van der Waals surface area contributed by atoms with Crippen molar-refractivity contribution < 1.29 is 55.3 Å². The van der Waals surface area contributed by atoms with Gasteiger partial charge in [0.1, 0.15) is 22.1 Å². The van der Waals surface area contributed by atoms with Gasteiger partial charge in [0.05, 0.1) is 24.1 Å². The predicted octanol–water partition coefficient (Wildman–Crippen LogP) is 7.06. The molecule has 4 heterocycles. The van der Waals surface area contributed by atoms with E-state index in [1.165, 1.54) is 12.0 Å².